The Labute approximate surface area is 130 Å². The Morgan fingerprint density at radius 1 is 1.10 bits per heavy atom. The molecule has 102 valence electrons. The van der Waals surface area contributed by atoms with E-state index >= 15 is 0 Å². The van der Waals surface area contributed by atoms with Gasteiger partial charge in [0.05, 0.1) is 4.47 Å². The summed E-state index contributed by atoms with van der Waals surface area (Å²) in [5.41, 5.74) is 1.22. The minimum atomic E-state index is 0.327. The third kappa shape index (κ3) is 2.61. The summed E-state index contributed by atoms with van der Waals surface area (Å²) in [6.45, 7) is 1.86. The third-order valence-corrected chi connectivity index (χ3v) is 3.97. The molecule has 21 heavy (non-hydrogen) atoms. The fourth-order valence-electron chi connectivity index (χ4n) is 2.09. The summed E-state index contributed by atoms with van der Waals surface area (Å²) in [7, 11) is 0. The van der Waals surface area contributed by atoms with Crippen LogP contribution in [0.3, 0.4) is 0 Å². The minimum absolute atomic E-state index is 0.327. The van der Waals surface area contributed by atoms with Crippen LogP contribution in [-0.2, 0) is 0 Å². The lowest BCUT2D eigenvalue weighted by Crippen LogP contribution is -1.94. The highest BCUT2D eigenvalue weighted by Gasteiger charge is 2.11. The van der Waals surface area contributed by atoms with E-state index in [2.05, 4.69) is 27.0 Å². The molecule has 0 atom stereocenters. The van der Waals surface area contributed by atoms with E-state index in [0.29, 0.717) is 17.2 Å². The van der Waals surface area contributed by atoms with Crippen molar-refractivity contribution >= 4 is 26.7 Å². The number of nitrogens with zero attached hydrogens (tertiary/aromatic N) is 2. The molecule has 0 saturated carbocycles. The average Bonchev–Trinajstić information content (AvgIpc) is 2.51. The van der Waals surface area contributed by atoms with Crippen LogP contribution in [0.4, 0.5) is 0 Å². The second kappa shape index (κ2) is 5.55. The molecule has 0 unspecified atom stereocenters. The van der Waals surface area contributed by atoms with Crippen LogP contribution >= 0.6 is 15.9 Å². The molecule has 0 saturated heterocycles. The number of hydrogen-bond acceptors (Lipinski definition) is 3. The van der Waals surface area contributed by atoms with E-state index in [0.717, 1.165) is 20.9 Å². The van der Waals surface area contributed by atoms with Gasteiger partial charge >= 0.3 is 0 Å². The molecule has 0 amide bonds. The van der Waals surface area contributed by atoms with Gasteiger partial charge in [0.15, 0.2) is 0 Å². The SMILES string of the molecule is Cc1ccc(C#N)c(Oc2ccc3ccccc3c2Br)n1. The fraction of sp³-hybridized carbons (Fsp3) is 0.0588. The van der Waals surface area contributed by atoms with Crippen molar-refractivity contribution in [3.8, 4) is 17.7 Å². The Bertz CT molecular complexity index is 868. The maximum absolute atomic E-state index is 9.15. The summed E-state index contributed by atoms with van der Waals surface area (Å²) < 4.78 is 6.69. The Morgan fingerprint density at radius 2 is 1.90 bits per heavy atom. The molecular formula is C17H11BrN2O. The van der Waals surface area contributed by atoms with Gasteiger partial charge in [-0.05, 0) is 51.8 Å². The van der Waals surface area contributed by atoms with Crippen LogP contribution < -0.4 is 4.74 Å². The number of aromatic nitrogens is 1. The smallest absolute Gasteiger partial charge is 0.237 e. The van der Waals surface area contributed by atoms with E-state index in [1.165, 1.54) is 0 Å². The Hall–Kier alpha value is -2.38. The second-order valence-electron chi connectivity index (χ2n) is 4.62. The highest BCUT2D eigenvalue weighted by atomic mass is 79.9. The first-order valence-corrected chi connectivity index (χ1v) is 7.21. The van der Waals surface area contributed by atoms with Gasteiger partial charge in [-0.15, -0.1) is 0 Å². The molecule has 0 N–H and O–H groups in total. The van der Waals surface area contributed by atoms with Crippen molar-refractivity contribution in [1.82, 2.24) is 4.98 Å². The molecule has 4 heteroatoms. The van der Waals surface area contributed by atoms with Crippen LogP contribution in [0.25, 0.3) is 10.8 Å². The average molecular weight is 339 g/mol. The minimum Gasteiger partial charge on any atom is -0.436 e. The lowest BCUT2D eigenvalue weighted by Gasteiger charge is -2.10. The molecule has 3 nitrogen and oxygen atoms in total. The molecule has 1 aromatic heterocycles. The first kappa shape index (κ1) is 13.6. The predicted octanol–water partition coefficient (Wildman–Crippen LogP) is 4.97. The van der Waals surface area contributed by atoms with Gasteiger partial charge in [0.1, 0.15) is 17.4 Å². The van der Waals surface area contributed by atoms with Gasteiger partial charge in [0, 0.05) is 5.69 Å². The molecular weight excluding hydrogens is 328 g/mol. The van der Waals surface area contributed by atoms with Gasteiger partial charge in [0.2, 0.25) is 5.88 Å². The first-order valence-electron chi connectivity index (χ1n) is 6.42. The van der Waals surface area contributed by atoms with Crippen molar-refractivity contribution in [2.45, 2.75) is 6.92 Å². The number of halogens is 1. The normalized spacial score (nSPS) is 10.3. The van der Waals surface area contributed by atoms with Crippen molar-refractivity contribution in [1.29, 1.82) is 5.26 Å². The number of hydrogen-bond donors (Lipinski definition) is 0. The van der Waals surface area contributed by atoms with Crippen molar-refractivity contribution in [3.63, 3.8) is 0 Å². The van der Waals surface area contributed by atoms with Crippen LogP contribution in [0.2, 0.25) is 0 Å². The molecule has 0 radical (unpaired) electrons. The first-order chi connectivity index (χ1) is 10.2. The zero-order valence-electron chi connectivity index (χ0n) is 11.3. The van der Waals surface area contributed by atoms with Crippen molar-refractivity contribution in [2.75, 3.05) is 0 Å². The summed E-state index contributed by atoms with van der Waals surface area (Å²) in [5.74, 6) is 0.969. The molecule has 0 aliphatic rings. The fourth-order valence-corrected chi connectivity index (χ4v) is 2.67. The molecule has 0 spiro atoms. The van der Waals surface area contributed by atoms with Gasteiger partial charge in [-0.1, -0.05) is 30.3 Å². The summed E-state index contributed by atoms with van der Waals surface area (Å²) in [5, 5.41) is 11.3. The van der Waals surface area contributed by atoms with Gasteiger partial charge in [-0.3, -0.25) is 0 Å². The maximum atomic E-state index is 9.15. The Balaban J connectivity index is 2.09. The van der Waals surface area contributed by atoms with E-state index in [1.807, 2.05) is 43.3 Å². The second-order valence-corrected chi connectivity index (χ2v) is 5.41. The lowest BCUT2D eigenvalue weighted by atomic mass is 10.1. The number of benzene rings is 2. The summed E-state index contributed by atoms with van der Waals surface area (Å²) >= 11 is 3.57. The Morgan fingerprint density at radius 3 is 2.71 bits per heavy atom. The summed E-state index contributed by atoms with van der Waals surface area (Å²) in [6, 6.07) is 17.5. The quantitative estimate of drug-likeness (QED) is 0.662. The van der Waals surface area contributed by atoms with Crippen molar-refractivity contribution in [2.24, 2.45) is 0 Å². The van der Waals surface area contributed by atoms with Gasteiger partial charge in [-0.25, -0.2) is 4.98 Å². The zero-order valence-corrected chi connectivity index (χ0v) is 12.9. The number of ether oxygens (including phenoxy) is 1. The molecule has 0 aliphatic carbocycles. The van der Waals surface area contributed by atoms with E-state index in [-0.39, 0.29) is 0 Å². The van der Waals surface area contributed by atoms with Crippen LogP contribution in [0, 0.1) is 18.3 Å². The molecule has 0 bridgehead atoms. The highest BCUT2D eigenvalue weighted by Crippen LogP contribution is 2.36. The van der Waals surface area contributed by atoms with Gasteiger partial charge in [-0.2, -0.15) is 5.26 Å². The number of nitriles is 1. The molecule has 1 heterocycles. The zero-order chi connectivity index (χ0) is 14.8. The molecule has 3 rings (SSSR count). The largest absolute Gasteiger partial charge is 0.436 e. The van der Waals surface area contributed by atoms with Gasteiger partial charge in [0.25, 0.3) is 0 Å². The van der Waals surface area contributed by atoms with Crippen LogP contribution in [0.5, 0.6) is 11.6 Å². The number of pyridine rings is 1. The lowest BCUT2D eigenvalue weighted by molar-refractivity contribution is 0.458. The number of fused-ring (bicyclic) bond motifs is 1. The van der Waals surface area contributed by atoms with Gasteiger partial charge < -0.3 is 4.74 Å². The molecule has 0 fully saturated rings. The monoisotopic (exact) mass is 338 g/mol. The maximum Gasteiger partial charge on any atom is 0.237 e. The van der Waals surface area contributed by atoms with E-state index in [9.17, 15) is 0 Å². The molecule has 3 aromatic rings. The third-order valence-electron chi connectivity index (χ3n) is 3.15. The van der Waals surface area contributed by atoms with Crippen molar-refractivity contribution < 1.29 is 4.74 Å². The van der Waals surface area contributed by atoms with Crippen LogP contribution in [0.15, 0.2) is 53.0 Å². The number of aryl methyl sites for hydroxylation is 1. The summed E-state index contributed by atoms with van der Waals surface area (Å²) in [4.78, 5) is 4.29. The topological polar surface area (TPSA) is 45.9 Å². The predicted molar refractivity (Wildman–Crippen MR) is 85.4 cm³/mol. The van der Waals surface area contributed by atoms with E-state index in [4.69, 9.17) is 10.00 Å². The standard InChI is InChI=1S/C17H11BrN2O/c1-11-6-7-13(10-19)17(20-11)21-15-9-8-12-4-2-3-5-14(12)16(15)18/h2-9H,1H3. The van der Waals surface area contributed by atoms with E-state index in [1.54, 1.807) is 12.1 Å². The Kier molecular flexibility index (Phi) is 3.59. The van der Waals surface area contributed by atoms with Crippen LogP contribution in [-0.4, -0.2) is 4.98 Å². The molecule has 0 aliphatic heterocycles. The number of rotatable bonds is 2. The van der Waals surface area contributed by atoms with E-state index < -0.39 is 0 Å². The summed E-state index contributed by atoms with van der Waals surface area (Å²) in [6.07, 6.45) is 0. The molecule has 2 aromatic carbocycles. The highest BCUT2D eigenvalue weighted by molar-refractivity contribution is 9.10. The van der Waals surface area contributed by atoms with Crippen LogP contribution in [0.1, 0.15) is 11.3 Å². The van der Waals surface area contributed by atoms with Crippen molar-refractivity contribution in [3.05, 3.63) is 64.3 Å².